The molecule has 0 fully saturated rings. The van der Waals surface area contributed by atoms with Crippen molar-refractivity contribution in [1.29, 1.82) is 5.26 Å². The summed E-state index contributed by atoms with van der Waals surface area (Å²) in [5.74, 6) is 0.149. The monoisotopic (exact) mass is 252 g/mol. The zero-order chi connectivity index (χ0) is 12.5. The van der Waals surface area contributed by atoms with E-state index in [2.05, 4.69) is 11.1 Å². The second kappa shape index (κ2) is 4.13. The summed E-state index contributed by atoms with van der Waals surface area (Å²) in [5, 5.41) is 19.2. The quantitative estimate of drug-likeness (QED) is 0.720. The maximum atomic E-state index is 10.1. The number of benzene rings is 2. The summed E-state index contributed by atoms with van der Waals surface area (Å²) < 4.78 is 0.996. The second-order valence-corrected chi connectivity index (χ2v) is 4.73. The van der Waals surface area contributed by atoms with Gasteiger partial charge in [-0.1, -0.05) is 18.2 Å². The average Bonchev–Trinajstić information content (AvgIpc) is 2.84. The third-order valence-corrected chi connectivity index (χ3v) is 3.58. The van der Waals surface area contributed by atoms with Crippen LogP contribution in [-0.2, 0) is 0 Å². The highest BCUT2D eigenvalue weighted by molar-refractivity contribution is 7.16. The van der Waals surface area contributed by atoms with E-state index >= 15 is 0 Å². The summed E-state index contributed by atoms with van der Waals surface area (Å²) in [5.41, 5.74) is 4.48. The van der Waals surface area contributed by atoms with Crippen molar-refractivity contribution in [3.63, 3.8) is 0 Å². The largest absolute Gasteiger partial charge is 0.507 e. The molecule has 0 atom stereocenters. The van der Waals surface area contributed by atoms with Gasteiger partial charge in [0.1, 0.15) is 5.75 Å². The van der Waals surface area contributed by atoms with Crippen molar-refractivity contribution >= 4 is 21.6 Å². The zero-order valence-corrected chi connectivity index (χ0v) is 10.1. The summed E-state index contributed by atoms with van der Waals surface area (Å²) in [6.07, 6.45) is 0. The van der Waals surface area contributed by atoms with Crippen molar-refractivity contribution in [2.45, 2.75) is 0 Å². The van der Waals surface area contributed by atoms with Crippen LogP contribution in [0.25, 0.3) is 21.3 Å². The van der Waals surface area contributed by atoms with Crippen LogP contribution in [0.3, 0.4) is 0 Å². The molecule has 0 aliphatic rings. The van der Waals surface area contributed by atoms with Gasteiger partial charge in [-0.25, -0.2) is 4.98 Å². The van der Waals surface area contributed by atoms with Gasteiger partial charge in [-0.2, -0.15) is 5.26 Å². The third-order valence-electron chi connectivity index (χ3n) is 2.79. The van der Waals surface area contributed by atoms with Crippen LogP contribution in [0.1, 0.15) is 5.56 Å². The highest BCUT2D eigenvalue weighted by Gasteiger charge is 2.11. The lowest BCUT2D eigenvalue weighted by Gasteiger charge is -2.06. The van der Waals surface area contributed by atoms with Gasteiger partial charge < -0.3 is 5.11 Å². The Morgan fingerprint density at radius 1 is 1.17 bits per heavy atom. The highest BCUT2D eigenvalue weighted by Crippen LogP contribution is 2.35. The van der Waals surface area contributed by atoms with E-state index in [0.29, 0.717) is 11.1 Å². The summed E-state index contributed by atoms with van der Waals surface area (Å²) in [4.78, 5) is 4.15. The van der Waals surface area contributed by atoms with E-state index in [1.165, 1.54) is 11.3 Å². The van der Waals surface area contributed by atoms with E-state index in [-0.39, 0.29) is 5.75 Å². The van der Waals surface area contributed by atoms with Gasteiger partial charge in [0.15, 0.2) is 0 Å². The smallest absolute Gasteiger partial charge is 0.125 e. The Kier molecular flexibility index (Phi) is 2.47. The van der Waals surface area contributed by atoms with Crippen molar-refractivity contribution < 1.29 is 5.11 Å². The number of nitrogens with zero attached hydrogens (tertiary/aromatic N) is 2. The summed E-state index contributed by atoms with van der Waals surface area (Å²) >= 11 is 1.51. The highest BCUT2D eigenvalue weighted by atomic mass is 32.1. The van der Waals surface area contributed by atoms with Crippen molar-refractivity contribution in [3.8, 4) is 22.9 Å². The van der Waals surface area contributed by atoms with Crippen molar-refractivity contribution in [1.82, 2.24) is 4.98 Å². The Balaban J connectivity index is 2.31. The number of phenolic OH excluding ortho intramolecular Hbond substituents is 1. The fraction of sp³-hybridized carbons (Fsp3) is 0. The summed E-state index contributed by atoms with van der Waals surface area (Å²) in [7, 11) is 0. The van der Waals surface area contributed by atoms with Crippen LogP contribution in [0, 0.1) is 11.3 Å². The van der Waals surface area contributed by atoms with Crippen LogP contribution in [-0.4, -0.2) is 10.1 Å². The second-order valence-electron chi connectivity index (χ2n) is 3.85. The first-order valence-electron chi connectivity index (χ1n) is 5.35. The molecule has 3 nitrogen and oxygen atoms in total. The van der Waals surface area contributed by atoms with Gasteiger partial charge in [0, 0.05) is 17.2 Å². The first-order valence-corrected chi connectivity index (χ1v) is 6.23. The van der Waals surface area contributed by atoms with E-state index in [9.17, 15) is 5.11 Å². The molecule has 0 saturated carbocycles. The van der Waals surface area contributed by atoms with Gasteiger partial charge in [-0.3, -0.25) is 0 Å². The van der Waals surface area contributed by atoms with Gasteiger partial charge in [-0.15, -0.1) is 11.3 Å². The lowest BCUT2D eigenvalue weighted by Crippen LogP contribution is -1.84. The van der Waals surface area contributed by atoms with Crippen LogP contribution in [0.5, 0.6) is 5.75 Å². The lowest BCUT2D eigenvalue weighted by atomic mass is 9.99. The molecule has 1 aromatic heterocycles. The van der Waals surface area contributed by atoms with Crippen molar-refractivity contribution in [3.05, 3.63) is 47.5 Å². The van der Waals surface area contributed by atoms with E-state index < -0.39 is 0 Å². The SMILES string of the molecule is N#Cc1ccccc1-c1cc2scnc2cc1O. The van der Waals surface area contributed by atoms with E-state index in [1.54, 1.807) is 17.6 Å². The first-order chi connectivity index (χ1) is 8.79. The Morgan fingerprint density at radius 3 is 2.83 bits per heavy atom. The molecule has 0 unspecified atom stereocenters. The van der Waals surface area contributed by atoms with Gasteiger partial charge in [0.25, 0.3) is 0 Å². The molecule has 3 rings (SSSR count). The number of rotatable bonds is 1. The maximum absolute atomic E-state index is 10.1. The van der Waals surface area contributed by atoms with Gasteiger partial charge in [0.05, 0.1) is 27.4 Å². The maximum Gasteiger partial charge on any atom is 0.125 e. The Hall–Kier alpha value is -2.38. The molecule has 0 saturated heterocycles. The number of nitriles is 1. The molecule has 0 spiro atoms. The van der Waals surface area contributed by atoms with Crippen LogP contribution in [0.15, 0.2) is 41.9 Å². The molecule has 2 aromatic carbocycles. The number of thiazole rings is 1. The van der Waals surface area contributed by atoms with Crippen molar-refractivity contribution in [2.24, 2.45) is 0 Å². The minimum atomic E-state index is 0.149. The van der Waals surface area contributed by atoms with E-state index in [1.807, 2.05) is 24.3 Å². The van der Waals surface area contributed by atoms with E-state index in [0.717, 1.165) is 15.8 Å². The molecule has 4 heteroatoms. The lowest BCUT2D eigenvalue weighted by molar-refractivity contribution is 0.478. The minimum Gasteiger partial charge on any atom is -0.507 e. The van der Waals surface area contributed by atoms with Crippen LogP contribution in [0.2, 0.25) is 0 Å². The van der Waals surface area contributed by atoms with Gasteiger partial charge in [0.2, 0.25) is 0 Å². The number of hydrogen-bond donors (Lipinski definition) is 1. The molecule has 0 bridgehead atoms. The first kappa shape index (κ1) is 10.8. The number of aromatic hydroxyl groups is 1. The van der Waals surface area contributed by atoms with Gasteiger partial charge >= 0.3 is 0 Å². The molecular weight excluding hydrogens is 244 g/mol. The van der Waals surface area contributed by atoms with Crippen LogP contribution in [0.4, 0.5) is 0 Å². The predicted octanol–water partition coefficient (Wildman–Crippen LogP) is 3.54. The molecule has 1 N–H and O–H groups in total. The molecule has 3 aromatic rings. The molecule has 86 valence electrons. The zero-order valence-electron chi connectivity index (χ0n) is 9.29. The van der Waals surface area contributed by atoms with E-state index in [4.69, 9.17) is 5.26 Å². The third kappa shape index (κ3) is 1.62. The molecular formula is C14H8N2OS. The molecule has 0 aliphatic heterocycles. The number of hydrogen-bond acceptors (Lipinski definition) is 4. The molecule has 0 radical (unpaired) electrons. The molecule has 1 heterocycles. The van der Waals surface area contributed by atoms with Crippen LogP contribution >= 0.6 is 11.3 Å². The Morgan fingerprint density at radius 2 is 2.00 bits per heavy atom. The Labute approximate surface area is 108 Å². The average molecular weight is 252 g/mol. The standard InChI is InChI=1S/C14H8N2OS/c15-7-9-3-1-2-4-10(9)11-5-14-12(6-13(11)17)16-8-18-14/h1-6,8,17H. The number of phenols is 1. The fourth-order valence-corrected chi connectivity index (χ4v) is 2.62. The topological polar surface area (TPSA) is 56.9 Å². The number of aromatic nitrogens is 1. The Bertz CT molecular complexity index is 771. The summed E-state index contributed by atoms with van der Waals surface area (Å²) in [6, 6.07) is 12.9. The number of fused-ring (bicyclic) bond motifs is 1. The molecule has 18 heavy (non-hydrogen) atoms. The van der Waals surface area contributed by atoms with Gasteiger partial charge in [-0.05, 0) is 12.1 Å². The molecule has 0 aliphatic carbocycles. The van der Waals surface area contributed by atoms with Crippen molar-refractivity contribution in [2.75, 3.05) is 0 Å². The normalized spacial score (nSPS) is 10.4. The predicted molar refractivity (Wildman–Crippen MR) is 71.4 cm³/mol. The summed E-state index contributed by atoms with van der Waals surface area (Å²) in [6.45, 7) is 0. The fourth-order valence-electron chi connectivity index (χ4n) is 1.92. The minimum absolute atomic E-state index is 0.149. The van der Waals surface area contributed by atoms with Crippen LogP contribution < -0.4 is 0 Å². The molecule has 0 amide bonds.